The van der Waals surface area contributed by atoms with Crippen molar-refractivity contribution < 1.29 is 4.79 Å². The highest BCUT2D eigenvalue weighted by atomic mass is 16.1. The van der Waals surface area contributed by atoms with E-state index in [1.807, 2.05) is 7.05 Å². The topological polar surface area (TPSA) is 65.0 Å². The Kier molecular flexibility index (Phi) is 5.25. The molecule has 4 heteroatoms. The zero-order valence-corrected chi connectivity index (χ0v) is 16.5. The molecule has 0 saturated heterocycles. The molecule has 27 heavy (non-hydrogen) atoms. The van der Waals surface area contributed by atoms with Crippen LogP contribution in [0.4, 0.5) is 0 Å². The highest BCUT2D eigenvalue weighted by Gasteiger charge is 2.50. The van der Waals surface area contributed by atoms with Crippen LogP contribution in [0.25, 0.3) is 0 Å². The SMILES string of the molecule is CN/C(C1=CCCC=C1)=C(\C=N)C(=O)NCC12CCCC(CC3CC3C1)C2. The van der Waals surface area contributed by atoms with Gasteiger partial charge in [-0.25, -0.2) is 0 Å². The Hall–Kier alpha value is -1.84. The van der Waals surface area contributed by atoms with Crippen LogP contribution in [-0.2, 0) is 4.79 Å². The maximum atomic E-state index is 13.0. The molecule has 4 atom stereocenters. The Morgan fingerprint density at radius 2 is 2.19 bits per heavy atom. The van der Waals surface area contributed by atoms with Gasteiger partial charge in [0, 0.05) is 19.8 Å². The Morgan fingerprint density at radius 1 is 1.30 bits per heavy atom. The molecule has 3 fully saturated rings. The lowest BCUT2D eigenvalue weighted by Gasteiger charge is -2.40. The molecule has 4 rings (SSSR count). The van der Waals surface area contributed by atoms with Crippen molar-refractivity contribution >= 4 is 12.1 Å². The maximum Gasteiger partial charge on any atom is 0.254 e. The van der Waals surface area contributed by atoms with Crippen LogP contribution < -0.4 is 10.6 Å². The molecule has 1 amide bonds. The molecular formula is C23H33N3O. The van der Waals surface area contributed by atoms with Crippen LogP contribution in [0.15, 0.2) is 35.1 Å². The number of likely N-dealkylation sites (N-methyl/N-ethyl adjacent to an activating group) is 1. The third-order valence-corrected chi connectivity index (χ3v) is 7.26. The van der Waals surface area contributed by atoms with Crippen molar-refractivity contribution in [3.05, 3.63) is 35.1 Å². The van der Waals surface area contributed by atoms with Crippen molar-refractivity contribution in [3.8, 4) is 0 Å². The smallest absolute Gasteiger partial charge is 0.254 e. The number of allylic oxidation sites excluding steroid dienone is 3. The monoisotopic (exact) mass is 367 g/mol. The van der Waals surface area contributed by atoms with Gasteiger partial charge in [-0.05, 0) is 73.7 Å². The number of hydrogen-bond acceptors (Lipinski definition) is 3. The fourth-order valence-corrected chi connectivity index (χ4v) is 5.88. The van der Waals surface area contributed by atoms with E-state index in [9.17, 15) is 4.79 Å². The second kappa shape index (κ2) is 7.65. The molecule has 2 bridgehead atoms. The first-order valence-electron chi connectivity index (χ1n) is 10.7. The molecule has 0 spiro atoms. The predicted molar refractivity (Wildman–Crippen MR) is 110 cm³/mol. The van der Waals surface area contributed by atoms with Crippen molar-refractivity contribution in [2.24, 2.45) is 23.2 Å². The first-order valence-corrected chi connectivity index (χ1v) is 10.7. The zero-order valence-electron chi connectivity index (χ0n) is 16.5. The normalized spacial score (nSPS) is 35.1. The highest BCUT2D eigenvalue weighted by molar-refractivity contribution is 6.12. The summed E-state index contributed by atoms with van der Waals surface area (Å²) in [6.07, 6.45) is 18.9. The van der Waals surface area contributed by atoms with Gasteiger partial charge in [-0.3, -0.25) is 4.79 Å². The highest BCUT2D eigenvalue weighted by Crippen LogP contribution is 2.59. The molecule has 0 aromatic heterocycles. The average Bonchev–Trinajstić information content (AvgIpc) is 3.42. The minimum absolute atomic E-state index is 0.109. The number of rotatable bonds is 6. The van der Waals surface area contributed by atoms with E-state index in [2.05, 4.69) is 28.9 Å². The Balaban J connectivity index is 1.48. The van der Waals surface area contributed by atoms with Crippen LogP contribution in [0.5, 0.6) is 0 Å². The summed E-state index contributed by atoms with van der Waals surface area (Å²) in [6, 6.07) is 0. The minimum Gasteiger partial charge on any atom is -0.387 e. The van der Waals surface area contributed by atoms with Crippen LogP contribution in [0.2, 0.25) is 0 Å². The van der Waals surface area contributed by atoms with E-state index in [0.717, 1.165) is 48.4 Å². The van der Waals surface area contributed by atoms with Crippen LogP contribution >= 0.6 is 0 Å². The second-order valence-electron chi connectivity index (χ2n) is 9.16. The standard InChI is InChI=1S/C23H33N3O/c1-25-21(17-7-3-2-4-8-17)20(14-24)22(27)26-15-23-9-5-6-16(12-23)10-18-11-19(18)13-23/h3,7-8,14,16,18-19,24-25H,2,4-6,9-13,15H2,1H3,(H,26,27)/b21-20+,24-14?. The van der Waals surface area contributed by atoms with Gasteiger partial charge in [-0.15, -0.1) is 0 Å². The van der Waals surface area contributed by atoms with Gasteiger partial charge in [0.1, 0.15) is 0 Å². The molecule has 0 radical (unpaired) electrons. The molecule has 0 heterocycles. The van der Waals surface area contributed by atoms with Crippen LogP contribution in [0, 0.1) is 28.6 Å². The molecule has 4 aliphatic carbocycles. The molecule has 146 valence electrons. The number of carbonyl (C=O) groups excluding carboxylic acids is 1. The summed E-state index contributed by atoms with van der Waals surface area (Å²) in [6.45, 7) is 0.773. The van der Waals surface area contributed by atoms with E-state index in [1.54, 1.807) is 0 Å². The van der Waals surface area contributed by atoms with Gasteiger partial charge < -0.3 is 16.0 Å². The predicted octanol–water partition coefficient (Wildman–Crippen LogP) is 4.11. The Morgan fingerprint density at radius 3 is 2.93 bits per heavy atom. The zero-order chi connectivity index (χ0) is 18.9. The summed E-state index contributed by atoms with van der Waals surface area (Å²) >= 11 is 0. The lowest BCUT2D eigenvalue weighted by Crippen LogP contribution is -2.41. The van der Waals surface area contributed by atoms with Gasteiger partial charge in [0.15, 0.2) is 0 Å². The lowest BCUT2D eigenvalue weighted by molar-refractivity contribution is -0.117. The fraction of sp³-hybridized carbons (Fsp3) is 0.652. The molecule has 4 aliphatic rings. The number of carbonyl (C=O) groups is 1. The van der Waals surface area contributed by atoms with Gasteiger partial charge in [-0.1, -0.05) is 31.1 Å². The van der Waals surface area contributed by atoms with E-state index in [-0.39, 0.29) is 5.91 Å². The molecule has 0 aliphatic heterocycles. The van der Waals surface area contributed by atoms with Crippen molar-refractivity contribution in [1.29, 1.82) is 5.41 Å². The molecule has 3 N–H and O–H groups in total. The first kappa shape index (κ1) is 18.5. The van der Waals surface area contributed by atoms with E-state index in [1.165, 1.54) is 51.2 Å². The van der Waals surface area contributed by atoms with Crippen molar-refractivity contribution in [1.82, 2.24) is 10.6 Å². The van der Waals surface area contributed by atoms with Gasteiger partial charge >= 0.3 is 0 Å². The van der Waals surface area contributed by atoms with Gasteiger partial charge in [-0.2, -0.15) is 0 Å². The average molecular weight is 368 g/mol. The largest absolute Gasteiger partial charge is 0.387 e. The molecule has 3 saturated carbocycles. The summed E-state index contributed by atoms with van der Waals surface area (Å²) in [5.41, 5.74) is 2.52. The van der Waals surface area contributed by atoms with E-state index < -0.39 is 0 Å². The molecule has 0 aromatic rings. The van der Waals surface area contributed by atoms with Crippen molar-refractivity contribution in [3.63, 3.8) is 0 Å². The summed E-state index contributed by atoms with van der Waals surface area (Å²) in [5.74, 6) is 2.65. The van der Waals surface area contributed by atoms with E-state index in [0.29, 0.717) is 11.0 Å². The summed E-state index contributed by atoms with van der Waals surface area (Å²) < 4.78 is 0. The van der Waals surface area contributed by atoms with E-state index in [4.69, 9.17) is 5.41 Å². The van der Waals surface area contributed by atoms with Crippen molar-refractivity contribution in [2.45, 2.75) is 57.8 Å². The van der Waals surface area contributed by atoms with E-state index >= 15 is 0 Å². The van der Waals surface area contributed by atoms with Crippen LogP contribution in [-0.4, -0.2) is 25.7 Å². The Labute approximate surface area is 163 Å². The molecule has 4 nitrogen and oxygen atoms in total. The summed E-state index contributed by atoms with van der Waals surface area (Å²) in [4.78, 5) is 13.0. The van der Waals surface area contributed by atoms with Gasteiger partial charge in [0.25, 0.3) is 5.91 Å². The van der Waals surface area contributed by atoms with Crippen LogP contribution in [0.3, 0.4) is 0 Å². The Bertz CT molecular complexity index is 700. The quantitative estimate of drug-likeness (QED) is 0.489. The number of fused-ring (bicyclic) bond motifs is 3. The van der Waals surface area contributed by atoms with Gasteiger partial charge in [0.2, 0.25) is 0 Å². The number of hydrogen-bond donors (Lipinski definition) is 3. The molecular weight excluding hydrogens is 334 g/mol. The lowest BCUT2D eigenvalue weighted by atomic mass is 9.67. The number of nitrogens with one attached hydrogen (secondary N) is 3. The third-order valence-electron chi connectivity index (χ3n) is 7.26. The molecule has 4 unspecified atom stereocenters. The fourth-order valence-electron chi connectivity index (χ4n) is 5.88. The van der Waals surface area contributed by atoms with Crippen LogP contribution in [0.1, 0.15) is 57.8 Å². The van der Waals surface area contributed by atoms with Gasteiger partial charge in [0.05, 0.1) is 11.3 Å². The second-order valence-corrected chi connectivity index (χ2v) is 9.16. The summed E-state index contributed by atoms with van der Waals surface area (Å²) in [7, 11) is 1.83. The number of amides is 1. The first-order chi connectivity index (χ1) is 13.1. The summed E-state index contributed by atoms with van der Waals surface area (Å²) in [5, 5.41) is 14.2. The minimum atomic E-state index is -0.109. The van der Waals surface area contributed by atoms with Crippen molar-refractivity contribution in [2.75, 3.05) is 13.6 Å². The molecule has 0 aromatic carbocycles. The maximum absolute atomic E-state index is 13.0. The third kappa shape index (κ3) is 3.90.